The largest absolute Gasteiger partial charge is 0.319 e. The Hall–Kier alpha value is -0.630. The van der Waals surface area contributed by atoms with Gasteiger partial charge in [-0.15, -0.1) is 6.58 Å². The number of nitrogens with two attached hydrogens (primary N) is 1. The molecule has 1 aliphatic carbocycles. The molecular weight excluding hydrogens is 102 g/mol. The molecular formula is C6H9NO. The van der Waals surface area contributed by atoms with Crippen molar-refractivity contribution in [2.24, 2.45) is 11.7 Å². The van der Waals surface area contributed by atoms with Crippen LogP contribution in [0.2, 0.25) is 0 Å². The van der Waals surface area contributed by atoms with Crippen molar-refractivity contribution < 1.29 is 4.79 Å². The van der Waals surface area contributed by atoms with Crippen molar-refractivity contribution >= 4 is 6.29 Å². The highest BCUT2D eigenvalue weighted by Gasteiger charge is 2.48. The van der Waals surface area contributed by atoms with Crippen LogP contribution in [0.3, 0.4) is 0 Å². The van der Waals surface area contributed by atoms with Gasteiger partial charge in [0.2, 0.25) is 0 Å². The van der Waals surface area contributed by atoms with Gasteiger partial charge in [0.25, 0.3) is 0 Å². The van der Waals surface area contributed by atoms with E-state index in [1.807, 2.05) is 0 Å². The van der Waals surface area contributed by atoms with Gasteiger partial charge in [0, 0.05) is 5.92 Å². The number of aldehydes is 1. The first-order valence-electron chi connectivity index (χ1n) is 2.61. The van der Waals surface area contributed by atoms with Crippen LogP contribution in [0.15, 0.2) is 12.7 Å². The molecule has 2 nitrogen and oxygen atoms in total. The van der Waals surface area contributed by atoms with Crippen molar-refractivity contribution in [2.75, 3.05) is 0 Å². The molecule has 2 atom stereocenters. The van der Waals surface area contributed by atoms with E-state index in [-0.39, 0.29) is 5.92 Å². The Morgan fingerprint density at radius 3 is 2.62 bits per heavy atom. The van der Waals surface area contributed by atoms with Gasteiger partial charge in [-0.05, 0) is 6.42 Å². The lowest BCUT2D eigenvalue weighted by atomic mass is 10.2. The molecule has 0 radical (unpaired) electrons. The van der Waals surface area contributed by atoms with Gasteiger partial charge in [0.1, 0.15) is 6.29 Å². The van der Waals surface area contributed by atoms with Gasteiger partial charge < -0.3 is 10.5 Å². The molecule has 0 aromatic rings. The lowest BCUT2D eigenvalue weighted by Gasteiger charge is -1.93. The molecule has 1 aliphatic rings. The predicted molar refractivity (Wildman–Crippen MR) is 31.3 cm³/mol. The summed E-state index contributed by atoms with van der Waals surface area (Å²) in [7, 11) is 0. The van der Waals surface area contributed by atoms with Gasteiger partial charge in [0.15, 0.2) is 0 Å². The van der Waals surface area contributed by atoms with E-state index in [9.17, 15) is 4.79 Å². The van der Waals surface area contributed by atoms with Crippen LogP contribution in [0.25, 0.3) is 0 Å². The first-order valence-corrected chi connectivity index (χ1v) is 2.61. The summed E-state index contributed by atoms with van der Waals surface area (Å²) in [5, 5.41) is 0. The second-order valence-electron chi connectivity index (χ2n) is 2.28. The third kappa shape index (κ3) is 0.574. The summed E-state index contributed by atoms with van der Waals surface area (Å²) >= 11 is 0. The maximum atomic E-state index is 10.1. The van der Waals surface area contributed by atoms with Gasteiger partial charge in [-0.2, -0.15) is 0 Å². The Kier molecular flexibility index (Phi) is 0.978. The summed E-state index contributed by atoms with van der Waals surface area (Å²) in [6, 6.07) is 0. The van der Waals surface area contributed by atoms with Crippen LogP contribution < -0.4 is 5.73 Å². The zero-order valence-corrected chi connectivity index (χ0v) is 4.63. The zero-order chi connectivity index (χ0) is 6.20. The molecule has 0 aromatic carbocycles. The molecule has 0 spiro atoms. The highest BCUT2D eigenvalue weighted by atomic mass is 16.1. The fourth-order valence-electron chi connectivity index (χ4n) is 0.760. The smallest absolute Gasteiger partial charge is 0.140 e. The molecule has 0 aromatic heterocycles. The van der Waals surface area contributed by atoms with E-state index >= 15 is 0 Å². The van der Waals surface area contributed by atoms with Crippen LogP contribution in [-0.4, -0.2) is 11.8 Å². The molecule has 0 unspecified atom stereocenters. The summed E-state index contributed by atoms with van der Waals surface area (Å²) in [6.45, 7) is 3.53. The number of carbonyl (C=O) groups excluding carboxylic acids is 1. The van der Waals surface area contributed by atoms with E-state index in [0.717, 1.165) is 12.7 Å². The molecule has 0 saturated heterocycles. The van der Waals surface area contributed by atoms with Crippen molar-refractivity contribution in [2.45, 2.75) is 12.0 Å². The fraction of sp³-hybridized carbons (Fsp3) is 0.500. The molecule has 0 heterocycles. The number of rotatable bonds is 2. The second-order valence-corrected chi connectivity index (χ2v) is 2.28. The Morgan fingerprint density at radius 1 is 1.88 bits per heavy atom. The topological polar surface area (TPSA) is 43.1 Å². The Bertz CT molecular complexity index is 132. The van der Waals surface area contributed by atoms with Crippen LogP contribution in [0.1, 0.15) is 6.42 Å². The van der Waals surface area contributed by atoms with Gasteiger partial charge >= 0.3 is 0 Å². The molecule has 2 heteroatoms. The molecule has 2 N–H and O–H groups in total. The normalized spacial score (nSPS) is 43.4. The van der Waals surface area contributed by atoms with E-state index in [0.29, 0.717) is 0 Å². The zero-order valence-electron chi connectivity index (χ0n) is 4.63. The summed E-state index contributed by atoms with van der Waals surface area (Å²) < 4.78 is 0. The summed E-state index contributed by atoms with van der Waals surface area (Å²) in [5.41, 5.74) is 4.92. The average molecular weight is 111 g/mol. The van der Waals surface area contributed by atoms with E-state index in [1.165, 1.54) is 0 Å². The molecule has 0 aliphatic heterocycles. The lowest BCUT2D eigenvalue weighted by molar-refractivity contribution is -0.109. The fourth-order valence-corrected chi connectivity index (χ4v) is 0.760. The van der Waals surface area contributed by atoms with Crippen LogP contribution >= 0.6 is 0 Å². The predicted octanol–water partition coefficient (Wildman–Crippen LogP) is 0.0887. The van der Waals surface area contributed by atoms with Crippen molar-refractivity contribution in [3.8, 4) is 0 Å². The molecule has 1 fully saturated rings. The van der Waals surface area contributed by atoms with Crippen LogP contribution in [-0.2, 0) is 4.79 Å². The minimum atomic E-state index is -0.540. The number of hydrogen-bond acceptors (Lipinski definition) is 2. The summed E-state index contributed by atoms with van der Waals surface area (Å²) in [5.74, 6) is 0.236. The number of carbonyl (C=O) groups is 1. The molecule has 44 valence electrons. The molecule has 1 rings (SSSR count). The van der Waals surface area contributed by atoms with Crippen molar-refractivity contribution in [3.05, 3.63) is 12.7 Å². The van der Waals surface area contributed by atoms with Crippen LogP contribution in [0, 0.1) is 5.92 Å². The monoisotopic (exact) mass is 111 g/mol. The van der Waals surface area contributed by atoms with E-state index in [4.69, 9.17) is 5.73 Å². The first kappa shape index (κ1) is 5.51. The van der Waals surface area contributed by atoms with Crippen molar-refractivity contribution in [3.63, 3.8) is 0 Å². The first-order chi connectivity index (χ1) is 3.73. The standard InChI is InChI=1S/C6H9NO/c1-2-5-3-6(5,7)4-8/h2,4-5H,1,3,7H2/t5-,6+/m1/s1. The third-order valence-electron chi connectivity index (χ3n) is 1.61. The number of hydrogen-bond donors (Lipinski definition) is 1. The van der Waals surface area contributed by atoms with Gasteiger partial charge in [-0.3, -0.25) is 0 Å². The average Bonchev–Trinajstić information content (AvgIpc) is 2.44. The van der Waals surface area contributed by atoms with E-state index in [1.54, 1.807) is 6.08 Å². The SMILES string of the molecule is C=C[C@@H]1C[C@]1(N)C=O. The van der Waals surface area contributed by atoms with Gasteiger partial charge in [-0.25, -0.2) is 0 Å². The molecule has 0 amide bonds. The quantitative estimate of drug-likeness (QED) is 0.405. The summed E-state index contributed by atoms with van der Waals surface area (Å²) in [4.78, 5) is 10.1. The van der Waals surface area contributed by atoms with Crippen molar-refractivity contribution in [1.29, 1.82) is 0 Å². The van der Waals surface area contributed by atoms with E-state index in [2.05, 4.69) is 6.58 Å². The lowest BCUT2D eigenvalue weighted by Crippen LogP contribution is -2.25. The maximum Gasteiger partial charge on any atom is 0.140 e. The van der Waals surface area contributed by atoms with Crippen LogP contribution in [0.4, 0.5) is 0 Å². The van der Waals surface area contributed by atoms with Crippen molar-refractivity contribution in [1.82, 2.24) is 0 Å². The minimum Gasteiger partial charge on any atom is -0.319 e. The summed E-state index contributed by atoms with van der Waals surface area (Å²) in [6.07, 6.45) is 3.31. The Labute approximate surface area is 48.4 Å². The highest BCUT2D eigenvalue weighted by molar-refractivity contribution is 5.70. The van der Waals surface area contributed by atoms with Crippen LogP contribution in [0.5, 0.6) is 0 Å². The molecule has 8 heavy (non-hydrogen) atoms. The maximum absolute atomic E-state index is 10.1. The molecule has 0 bridgehead atoms. The Morgan fingerprint density at radius 2 is 2.50 bits per heavy atom. The van der Waals surface area contributed by atoms with Gasteiger partial charge in [0.05, 0.1) is 5.54 Å². The van der Waals surface area contributed by atoms with Gasteiger partial charge in [-0.1, -0.05) is 6.08 Å². The third-order valence-corrected chi connectivity index (χ3v) is 1.61. The highest BCUT2D eigenvalue weighted by Crippen LogP contribution is 2.39. The minimum absolute atomic E-state index is 0.236. The van der Waals surface area contributed by atoms with E-state index < -0.39 is 5.54 Å². The molecule has 1 saturated carbocycles. The Balaban J connectivity index is 2.54. The second kappa shape index (κ2) is 1.42.